The van der Waals surface area contributed by atoms with Crippen LogP contribution in [0, 0.1) is 0 Å². The first kappa shape index (κ1) is 13.8. The standard InChI is InChI=1S/C17H19NO3/c18-9-1-2-13-3-6-15(7-4-13)19-11-14-5-8-16-17(10-14)21-12-20-16/h3-8,10H,1-2,9,11-12,18H2. The van der Waals surface area contributed by atoms with Crippen molar-refractivity contribution < 1.29 is 14.2 Å². The minimum atomic E-state index is 0.296. The average molecular weight is 285 g/mol. The number of hydrogen-bond donors (Lipinski definition) is 1. The zero-order valence-electron chi connectivity index (χ0n) is 11.9. The Morgan fingerprint density at radius 3 is 2.52 bits per heavy atom. The van der Waals surface area contributed by atoms with Crippen LogP contribution in [0.4, 0.5) is 0 Å². The Labute approximate surface area is 124 Å². The lowest BCUT2D eigenvalue weighted by molar-refractivity contribution is 0.174. The average Bonchev–Trinajstić information content (AvgIpc) is 2.99. The highest BCUT2D eigenvalue weighted by Gasteiger charge is 2.13. The van der Waals surface area contributed by atoms with Gasteiger partial charge in [-0.15, -0.1) is 0 Å². The summed E-state index contributed by atoms with van der Waals surface area (Å²) in [6, 6.07) is 14.0. The first-order valence-electron chi connectivity index (χ1n) is 7.15. The van der Waals surface area contributed by atoms with Gasteiger partial charge in [-0.3, -0.25) is 0 Å². The Morgan fingerprint density at radius 2 is 1.71 bits per heavy atom. The van der Waals surface area contributed by atoms with E-state index in [1.807, 2.05) is 30.3 Å². The molecule has 1 aliphatic rings. The molecule has 0 unspecified atom stereocenters. The zero-order valence-corrected chi connectivity index (χ0v) is 11.9. The molecule has 0 aromatic heterocycles. The third-order valence-corrected chi connectivity index (χ3v) is 3.44. The molecule has 1 heterocycles. The van der Waals surface area contributed by atoms with Gasteiger partial charge in [0.05, 0.1) is 0 Å². The summed E-state index contributed by atoms with van der Waals surface area (Å²) in [6.07, 6.45) is 2.02. The monoisotopic (exact) mass is 285 g/mol. The normalized spacial score (nSPS) is 12.4. The van der Waals surface area contributed by atoms with Gasteiger partial charge in [0.15, 0.2) is 11.5 Å². The fourth-order valence-corrected chi connectivity index (χ4v) is 2.26. The van der Waals surface area contributed by atoms with Gasteiger partial charge < -0.3 is 19.9 Å². The van der Waals surface area contributed by atoms with E-state index in [9.17, 15) is 0 Å². The summed E-state index contributed by atoms with van der Waals surface area (Å²) in [5, 5.41) is 0. The van der Waals surface area contributed by atoms with Crippen molar-refractivity contribution in [3.05, 3.63) is 53.6 Å². The molecule has 3 rings (SSSR count). The van der Waals surface area contributed by atoms with Crippen LogP contribution in [0.5, 0.6) is 17.2 Å². The molecule has 2 aromatic carbocycles. The molecule has 2 N–H and O–H groups in total. The zero-order chi connectivity index (χ0) is 14.5. The summed E-state index contributed by atoms with van der Waals surface area (Å²) < 4.78 is 16.4. The SMILES string of the molecule is NCCCc1ccc(OCc2ccc3c(c2)OCO3)cc1. The number of ether oxygens (including phenoxy) is 3. The molecule has 0 radical (unpaired) electrons. The second-order valence-corrected chi connectivity index (χ2v) is 5.01. The van der Waals surface area contributed by atoms with Crippen molar-refractivity contribution in [2.75, 3.05) is 13.3 Å². The van der Waals surface area contributed by atoms with Crippen LogP contribution in [-0.4, -0.2) is 13.3 Å². The Balaban J connectivity index is 1.57. The van der Waals surface area contributed by atoms with E-state index < -0.39 is 0 Å². The van der Waals surface area contributed by atoms with E-state index in [4.69, 9.17) is 19.9 Å². The van der Waals surface area contributed by atoms with E-state index in [0.717, 1.165) is 42.2 Å². The first-order valence-corrected chi connectivity index (χ1v) is 7.15. The minimum absolute atomic E-state index is 0.296. The van der Waals surface area contributed by atoms with Crippen molar-refractivity contribution in [2.45, 2.75) is 19.4 Å². The predicted octanol–water partition coefficient (Wildman–Crippen LogP) is 2.89. The van der Waals surface area contributed by atoms with Gasteiger partial charge in [0, 0.05) is 0 Å². The fourth-order valence-electron chi connectivity index (χ4n) is 2.26. The second-order valence-electron chi connectivity index (χ2n) is 5.01. The highest BCUT2D eigenvalue weighted by molar-refractivity contribution is 5.44. The molecule has 0 bridgehead atoms. The second kappa shape index (κ2) is 6.50. The van der Waals surface area contributed by atoms with Crippen LogP contribution >= 0.6 is 0 Å². The smallest absolute Gasteiger partial charge is 0.231 e. The van der Waals surface area contributed by atoms with Gasteiger partial charge in [0.25, 0.3) is 0 Å². The van der Waals surface area contributed by atoms with Crippen molar-refractivity contribution in [3.63, 3.8) is 0 Å². The van der Waals surface area contributed by atoms with Crippen LogP contribution in [0.15, 0.2) is 42.5 Å². The van der Waals surface area contributed by atoms with Gasteiger partial charge in [-0.05, 0) is 54.8 Å². The molecule has 0 spiro atoms. The van der Waals surface area contributed by atoms with E-state index in [0.29, 0.717) is 13.4 Å². The summed E-state index contributed by atoms with van der Waals surface area (Å²) in [5.41, 5.74) is 7.86. The maximum atomic E-state index is 5.79. The van der Waals surface area contributed by atoms with Crippen molar-refractivity contribution >= 4 is 0 Å². The number of hydrogen-bond acceptors (Lipinski definition) is 4. The van der Waals surface area contributed by atoms with Crippen molar-refractivity contribution in [1.29, 1.82) is 0 Å². The van der Waals surface area contributed by atoms with Gasteiger partial charge in [-0.1, -0.05) is 18.2 Å². The molecule has 4 nitrogen and oxygen atoms in total. The van der Waals surface area contributed by atoms with Gasteiger partial charge in [0.2, 0.25) is 6.79 Å². The Kier molecular flexibility index (Phi) is 4.26. The van der Waals surface area contributed by atoms with Crippen LogP contribution in [0.3, 0.4) is 0 Å². The third-order valence-electron chi connectivity index (χ3n) is 3.44. The van der Waals surface area contributed by atoms with Crippen LogP contribution in [0.2, 0.25) is 0 Å². The van der Waals surface area contributed by atoms with Gasteiger partial charge in [-0.25, -0.2) is 0 Å². The molecule has 21 heavy (non-hydrogen) atoms. The van der Waals surface area contributed by atoms with E-state index in [1.165, 1.54) is 5.56 Å². The number of benzene rings is 2. The number of fused-ring (bicyclic) bond motifs is 1. The maximum Gasteiger partial charge on any atom is 0.231 e. The van der Waals surface area contributed by atoms with E-state index >= 15 is 0 Å². The summed E-state index contributed by atoms with van der Waals surface area (Å²) >= 11 is 0. The summed E-state index contributed by atoms with van der Waals surface area (Å²) in [7, 11) is 0. The number of nitrogens with two attached hydrogens (primary N) is 1. The molecule has 4 heteroatoms. The van der Waals surface area contributed by atoms with E-state index in [2.05, 4.69) is 12.1 Å². The van der Waals surface area contributed by atoms with Crippen molar-refractivity contribution in [3.8, 4) is 17.2 Å². The molecule has 1 aliphatic heterocycles. The quantitative estimate of drug-likeness (QED) is 0.886. The van der Waals surface area contributed by atoms with Crippen molar-refractivity contribution in [2.24, 2.45) is 5.73 Å². The summed E-state index contributed by atoms with van der Waals surface area (Å²) in [6.45, 7) is 1.53. The molecule has 0 atom stereocenters. The third kappa shape index (κ3) is 3.47. The molecule has 110 valence electrons. The Morgan fingerprint density at radius 1 is 0.952 bits per heavy atom. The maximum absolute atomic E-state index is 5.79. The molecule has 0 saturated carbocycles. The Hall–Kier alpha value is -2.20. The fraction of sp³-hybridized carbons (Fsp3) is 0.294. The molecule has 0 fully saturated rings. The summed E-state index contributed by atoms with van der Waals surface area (Å²) in [5.74, 6) is 2.44. The molecule has 0 aliphatic carbocycles. The lowest BCUT2D eigenvalue weighted by atomic mass is 10.1. The lowest BCUT2D eigenvalue weighted by Gasteiger charge is -2.08. The van der Waals surface area contributed by atoms with E-state index in [1.54, 1.807) is 0 Å². The van der Waals surface area contributed by atoms with Crippen LogP contribution in [-0.2, 0) is 13.0 Å². The van der Waals surface area contributed by atoms with Crippen LogP contribution in [0.25, 0.3) is 0 Å². The molecular weight excluding hydrogens is 266 g/mol. The summed E-state index contributed by atoms with van der Waals surface area (Å²) in [4.78, 5) is 0. The number of aryl methyl sites for hydroxylation is 1. The lowest BCUT2D eigenvalue weighted by Crippen LogP contribution is -2.00. The highest BCUT2D eigenvalue weighted by Crippen LogP contribution is 2.32. The number of rotatable bonds is 6. The van der Waals surface area contributed by atoms with Crippen molar-refractivity contribution in [1.82, 2.24) is 0 Å². The molecular formula is C17H19NO3. The minimum Gasteiger partial charge on any atom is -0.489 e. The predicted molar refractivity (Wildman–Crippen MR) is 80.7 cm³/mol. The Bertz CT molecular complexity index is 595. The topological polar surface area (TPSA) is 53.7 Å². The first-order chi connectivity index (χ1) is 10.3. The van der Waals surface area contributed by atoms with Gasteiger partial charge in [-0.2, -0.15) is 0 Å². The van der Waals surface area contributed by atoms with Gasteiger partial charge >= 0.3 is 0 Å². The largest absolute Gasteiger partial charge is 0.489 e. The molecule has 0 saturated heterocycles. The van der Waals surface area contributed by atoms with Gasteiger partial charge in [0.1, 0.15) is 12.4 Å². The molecule has 0 amide bonds. The highest BCUT2D eigenvalue weighted by atomic mass is 16.7. The van der Waals surface area contributed by atoms with Crippen LogP contribution < -0.4 is 19.9 Å². The van der Waals surface area contributed by atoms with Crippen LogP contribution in [0.1, 0.15) is 17.5 Å². The molecule has 2 aromatic rings. The van der Waals surface area contributed by atoms with E-state index in [-0.39, 0.29) is 0 Å².